The van der Waals surface area contributed by atoms with Gasteiger partial charge in [-0.25, -0.2) is 4.98 Å². The van der Waals surface area contributed by atoms with Crippen molar-refractivity contribution in [3.8, 4) is 0 Å². The second-order valence-corrected chi connectivity index (χ2v) is 3.95. The molecule has 2 aromatic rings. The molecule has 0 radical (unpaired) electrons. The van der Waals surface area contributed by atoms with Gasteiger partial charge in [0, 0.05) is 18.6 Å². The maximum Gasteiger partial charge on any atom is 0.306 e. The number of non-ortho nitro benzene ring substituents is 1. The highest BCUT2D eigenvalue weighted by molar-refractivity contribution is 5.78. The van der Waals surface area contributed by atoms with E-state index in [2.05, 4.69) is 9.97 Å². The Balaban J connectivity index is 2.13. The summed E-state index contributed by atoms with van der Waals surface area (Å²) in [5.74, 6) is 0.331. The summed E-state index contributed by atoms with van der Waals surface area (Å²) in [5, 5.41) is 10.6. The van der Waals surface area contributed by atoms with Crippen molar-refractivity contribution in [2.75, 3.05) is 6.61 Å². The smallest absolute Gasteiger partial charge is 0.306 e. The standard InChI is InChI=1S/C12H13N3O4/c1-2-19-12(16)6-5-11-13-9-4-3-8(15(17)18)7-10(9)14-11/h3-4,7H,2,5-6H2,1H3,(H,13,14). The third-order valence-electron chi connectivity index (χ3n) is 2.60. The van der Waals surface area contributed by atoms with Gasteiger partial charge in [-0.3, -0.25) is 14.9 Å². The minimum atomic E-state index is -0.460. The van der Waals surface area contributed by atoms with Crippen molar-refractivity contribution in [3.63, 3.8) is 0 Å². The number of nitro benzene ring substituents is 1. The van der Waals surface area contributed by atoms with Gasteiger partial charge in [0.05, 0.1) is 29.0 Å². The quantitative estimate of drug-likeness (QED) is 0.505. The Morgan fingerprint density at radius 3 is 3.00 bits per heavy atom. The molecular formula is C12H13N3O4. The van der Waals surface area contributed by atoms with E-state index < -0.39 is 4.92 Å². The molecule has 1 aromatic carbocycles. The van der Waals surface area contributed by atoms with Gasteiger partial charge in [-0.15, -0.1) is 0 Å². The summed E-state index contributed by atoms with van der Waals surface area (Å²) >= 11 is 0. The average Bonchev–Trinajstić information content (AvgIpc) is 2.78. The molecule has 19 heavy (non-hydrogen) atoms. The van der Waals surface area contributed by atoms with E-state index in [9.17, 15) is 14.9 Å². The maximum absolute atomic E-state index is 11.2. The van der Waals surface area contributed by atoms with Crippen LogP contribution in [0.25, 0.3) is 11.0 Å². The lowest BCUT2D eigenvalue weighted by Gasteiger charge is -1.98. The van der Waals surface area contributed by atoms with Gasteiger partial charge in [0.15, 0.2) is 0 Å². The lowest BCUT2D eigenvalue weighted by atomic mass is 10.3. The summed E-state index contributed by atoms with van der Waals surface area (Å²) in [5.41, 5.74) is 1.24. The van der Waals surface area contributed by atoms with Crippen molar-refractivity contribution >= 4 is 22.7 Å². The highest BCUT2D eigenvalue weighted by Gasteiger charge is 2.10. The van der Waals surface area contributed by atoms with E-state index in [0.717, 1.165) is 0 Å². The summed E-state index contributed by atoms with van der Waals surface area (Å²) in [6.45, 7) is 2.10. The van der Waals surface area contributed by atoms with Crippen LogP contribution in [0.2, 0.25) is 0 Å². The molecule has 2 rings (SSSR count). The lowest BCUT2D eigenvalue weighted by molar-refractivity contribution is -0.384. The zero-order chi connectivity index (χ0) is 13.8. The fourth-order valence-corrected chi connectivity index (χ4v) is 1.74. The van der Waals surface area contributed by atoms with Crippen LogP contribution in [0.5, 0.6) is 0 Å². The van der Waals surface area contributed by atoms with Crippen molar-refractivity contribution in [2.24, 2.45) is 0 Å². The van der Waals surface area contributed by atoms with Gasteiger partial charge in [-0.1, -0.05) is 0 Å². The molecule has 0 fully saturated rings. The minimum Gasteiger partial charge on any atom is -0.466 e. The number of fused-ring (bicyclic) bond motifs is 1. The summed E-state index contributed by atoms with van der Waals surface area (Å²) < 4.78 is 4.82. The molecule has 100 valence electrons. The molecule has 0 amide bonds. The van der Waals surface area contributed by atoms with E-state index in [4.69, 9.17) is 4.74 Å². The third kappa shape index (κ3) is 3.06. The monoisotopic (exact) mass is 263 g/mol. The molecule has 1 heterocycles. The molecule has 0 aliphatic rings. The first-order valence-electron chi connectivity index (χ1n) is 5.89. The highest BCUT2D eigenvalue weighted by Crippen LogP contribution is 2.19. The van der Waals surface area contributed by atoms with Gasteiger partial charge < -0.3 is 9.72 Å². The number of rotatable bonds is 5. The number of H-pyrrole nitrogens is 1. The first kappa shape index (κ1) is 13.0. The summed E-state index contributed by atoms with van der Waals surface area (Å²) in [7, 11) is 0. The van der Waals surface area contributed by atoms with E-state index >= 15 is 0 Å². The zero-order valence-corrected chi connectivity index (χ0v) is 10.4. The van der Waals surface area contributed by atoms with E-state index in [1.165, 1.54) is 12.1 Å². The number of nitro groups is 1. The van der Waals surface area contributed by atoms with Crippen molar-refractivity contribution in [3.05, 3.63) is 34.1 Å². The van der Waals surface area contributed by atoms with E-state index in [-0.39, 0.29) is 18.1 Å². The normalized spacial score (nSPS) is 10.6. The zero-order valence-electron chi connectivity index (χ0n) is 10.4. The Bertz CT molecular complexity index is 620. The Labute approximate surface area is 108 Å². The van der Waals surface area contributed by atoms with Crippen LogP contribution >= 0.6 is 0 Å². The fourth-order valence-electron chi connectivity index (χ4n) is 1.74. The van der Waals surface area contributed by atoms with Gasteiger partial charge in [0.1, 0.15) is 5.82 Å². The van der Waals surface area contributed by atoms with Crippen LogP contribution in [-0.2, 0) is 16.0 Å². The summed E-state index contributed by atoms with van der Waals surface area (Å²) in [4.78, 5) is 28.6. The van der Waals surface area contributed by atoms with Crippen LogP contribution in [0.4, 0.5) is 5.69 Å². The SMILES string of the molecule is CCOC(=O)CCc1nc2ccc([N+](=O)[O-])cc2[nH]1. The largest absolute Gasteiger partial charge is 0.466 e. The van der Waals surface area contributed by atoms with Gasteiger partial charge in [0.25, 0.3) is 5.69 Å². The number of aromatic nitrogens is 2. The number of aromatic amines is 1. The van der Waals surface area contributed by atoms with Gasteiger partial charge >= 0.3 is 5.97 Å². The first-order chi connectivity index (χ1) is 9.10. The Kier molecular flexibility index (Phi) is 3.74. The average molecular weight is 263 g/mol. The molecule has 0 saturated heterocycles. The number of hydrogen-bond acceptors (Lipinski definition) is 5. The molecule has 0 spiro atoms. The molecule has 0 bridgehead atoms. The third-order valence-corrected chi connectivity index (χ3v) is 2.60. The number of carbonyl (C=O) groups excluding carboxylic acids is 1. The predicted octanol–water partition coefficient (Wildman–Crippen LogP) is 1.97. The Hall–Kier alpha value is -2.44. The van der Waals surface area contributed by atoms with E-state index in [1.54, 1.807) is 13.0 Å². The number of hydrogen-bond donors (Lipinski definition) is 1. The topological polar surface area (TPSA) is 98.1 Å². The number of imidazole rings is 1. The van der Waals surface area contributed by atoms with Crippen LogP contribution in [0.3, 0.4) is 0 Å². The number of nitrogens with zero attached hydrogens (tertiary/aromatic N) is 2. The van der Waals surface area contributed by atoms with Crippen LogP contribution in [0.15, 0.2) is 18.2 Å². The number of esters is 1. The first-order valence-corrected chi connectivity index (χ1v) is 5.89. The molecule has 0 aliphatic heterocycles. The molecule has 1 N–H and O–H groups in total. The second kappa shape index (κ2) is 5.47. The fraction of sp³-hybridized carbons (Fsp3) is 0.333. The molecular weight excluding hydrogens is 250 g/mol. The van der Waals surface area contributed by atoms with Crippen LogP contribution in [0, 0.1) is 10.1 Å². The van der Waals surface area contributed by atoms with Crippen LogP contribution in [-0.4, -0.2) is 27.5 Å². The molecule has 0 unspecified atom stereocenters. The number of nitrogens with one attached hydrogen (secondary N) is 1. The summed E-state index contributed by atoms with van der Waals surface area (Å²) in [6.07, 6.45) is 0.650. The number of benzene rings is 1. The highest BCUT2D eigenvalue weighted by atomic mass is 16.6. The Morgan fingerprint density at radius 1 is 1.53 bits per heavy atom. The maximum atomic E-state index is 11.2. The number of aryl methyl sites for hydroxylation is 1. The van der Waals surface area contributed by atoms with Crippen molar-refractivity contribution in [1.82, 2.24) is 9.97 Å². The second-order valence-electron chi connectivity index (χ2n) is 3.95. The van der Waals surface area contributed by atoms with Crippen LogP contribution < -0.4 is 0 Å². The number of ether oxygens (including phenoxy) is 1. The predicted molar refractivity (Wildman–Crippen MR) is 67.7 cm³/mol. The molecule has 7 heteroatoms. The van der Waals surface area contributed by atoms with E-state index in [1.807, 2.05) is 0 Å². The molecule has 0 saturated carbocycles. The molecule has 7 nitrogen and oxygen atoms in total. The number of carbonyl (C=O) groups is 1. The molecule has 1 aromatic heterocycles. The lowest BCUT2D eigenvalue weighted by Crippen LogP contribution is -2.05. The summed E-state index contributed by atoms with van der Waals surface area (Å²) in [6, 6.07) is 4.41. The van der Waals surface area contributed by atoms with Crippen LogP contribution in [0.1, 0.15) is 19.2 Å². The van der Waals surface area contributed by atoms with Gasteiger partial charge in [-0.05, 0) is 13.0 Å². The van der Waals surface area contributed by atoms with Gasteiger partial charge in [0.2, 0.25) is 0 Å². The van der Waals surface area contributed by atoms with Gasteiger partial charge in [-0.2, -0.15) is 0 Å². The Morgan fingerprint density at radius 2 is 2.32 bits per heavy atom. The molecule has 0 aliphatic carbocycles. The van der Waals surface area contributed by atoms with Crippen molar-refractivity contribution in [2.45, 2.75) is 19.8 Å². The molecule has 0 atom stereocenters. The minimum absolute atomic E-state index is 0.00749. The van der Waals surface area contributed by atoms with Crippen molar-refractivity contribution in [1.29, 1.82) is 0 Å². The van der Waals surface area contributed by atoms with E-state index in [0.29, 0.717) is 29.9 Å². The van der Waals surface area contributed by atoms with Crippen molar-refractivity contribution < 1.29 is 14.5 Å².